The van der Waals surface area contributed by atoms with Crippen molar-refractivity contribution in [3.05, 3.63) is 35.8 Å². The number of fused-ring (bicyclic) bond motifs is 1. The van der Waals surface area contributed by atoms with Crippen LogP contribution in [0.5, 0.6) is 0 Å². The number of imidazole rings is 1. The van der Waals surface area contributed by atoms with Gasteiger partial charge in [0.15, 0.2) is 17.3 Å². The molecule has 3 aromatic rings. The zero-order valence-electron chi connectivity index (χ0n) is 14.0. The Labute approximate surface area is 147 Å². The monoisotopic (exact) mass is 362 g/mol. The van der Waals surface area contributed by atoms with Crippen LogP contribution >= 0.6 is 0 Å². The van der Waals surface area contributed by atoms with E-state index in [4.69, 9.17) is 5.73 Å². The number of hydrogen-bond acceptors (Lipinski definition) is 5. The Morgan fingerprint density at radius 2 is 1.88 bits per heavy atom. The van der Waals surface area contributed by atoms with Crippen LogP contribution in [0.4, 0.5) is 30.8 Å². The predicted molar refractivity (Wildman–Crippen MR) is 91.4 cm³/mol. The van der Waals surface area contributed by atoms with E-state index in [1.807, 2.05) is 4.57 Å². The number of aromatic nitrogens is 4. The molecule has 6 nitrogen and oxygen atoms in total. The van der Waals surface area contributed by atoms with E-state index in [1.165, 1.54) is 6.20 Å². The van der Waals surface area contributed by atoms with Crippen molar-refractivity contribution in [1.29, 1.82) is 0 Å². The van der Waals surface area contributed by atoms with E-state index < -0.39 is 23.1 Å². The fourth-order valence-electron chi connectivity index (χ4n) is 3.59. The van der Waals surface area contributed by atoms with Gasteiger partial charge in [0.1, 0.15) is 17.0 Å². The van der Waals surface area contributed by atoms with Gasteiger partial charge >= 0.3 is 0 Å². The lowest BCUT2D eigenvalue weighted by atomic mass is 10.1. The predicted octanol–water partition coefficient (Wildman–Crippen LogP) is 3.93. The summed E-state index contributed by atoms with van der Waals surface area (Å²) in [6.07, 6.45) is 4.42. The highest BCUT2D eigenvalue weighted by atomic mass is 19.1. The lowest BCUT2D eigenvalue weighted by Crippen LogP contribution is -2.15. The smallest absolute Gasteiger partial charge is 0.222 e. The quantitative estimate of drug-likeness (QED) is 0.738. The van der Waals surface area contributed by atoms with Crippen LogP contribution in [0.3, 0.4) is 0 Å². The fourth-order valence-corrected chi connectivity index (χ4v) is 3.59. The van der Waals surface area contributed by atoms with E-state index in [0.717, 1.165) is 19.3 Å². The van der Waals surface area contributed by atoms with Crippen LogP contribution < -0.4 is 11.1 Å². The Bertz CT molecular complexity index is 963. The number of halogens is 3. The minimum absolute atomic E-state index is 0.0587. The van der Waals surface area contributed by atoms with Gasteiger partial charge in [-0.3, -0.25) is 4.57 Å². The van der Waals surface area contributed by atoms with Gasteiger partial charge in [0, 0.05) is 18.2 Å². The normalized spacial score (nSPS) is 20.0. The summed E-state index contributed by atoms with van der Waals surface area (Å²) in [4.78, 5) is 12.6. The molecule has 1 aliphatic carbocycles. The largest absolute Gasteiger partial charge is 0.368 e. The lowest BCUT2D eigenvalue weighted by molar-refractivity contribution is 0.418. The fraction of sp³-hybridized carbons (Fsp3) is 0.353. The number of anilines is 3. The van der Waals surface area contributed by atoms with Crippen LogP contribution in [-0.4, -0.2) is 19.5 Å². The molecule has 2 aromatic heterocycles. The van der Waals surface area contributed by atoms with E-state index >= 15 is 0 Å². The Balaban J connectivity index is 1.87. The zero-order chi connectivity index (χ0) is 18.4. The molecule has 0 amide bonds. The van der Waals surface area contributed by atoms with Crippen molar-refractivity contribution in [2.45, 2.75) is 32.2 Å². The number of nitrogens with zero attached hydrogens (tertiary/aromatic N) is 4. The summed E-state index contributed by atoms with van der Waals surface area (Å²) in [5.74, 6) is -2.40. The molecular weight excluding hydrogens is 345 g/mol. The molecule has 0 radical (unpaired) electrons. The molecule has 3 N–H and O–H groups in total. The van der Waals surface area contributed by atoms with Crippen molar-refractivity contribution in [1.82, 2.24) is 19.5 Å². The molecule has 136 valence electrons. The van der Waals surface area contributed by atoms with Gasteiger partial charge in [0.2, 0.25) is 11.9 Å². The highest BCUT2D eigenvalue weighted by Gasteiger charge is 2.30. The summed E-state index contributed by atoms with van der Waals surface area (Å²) < 4.78 is 43.1. The van der Waals surface area contributed by atoms with E-state index in [0.29, 0.717) is 29.2 Å². The maximum Gasteiger partial charge on any atom is 0.222 e. The lowest BCUT2D eigenvalue weighted by Gasteiger charge is -2.21. The maximum absolute atomic E-state index is 14.1. The first-order valence-corrected chi connectivity index (χ1v) is 8.36. The standard InChI is InChI=1S/C17H17F3N6/c1-8-3-2-4-13(8)26-15-12(7-22-16(21)25-15)23-17(26)24-14-10(19)5-9(18)6-11(14)20/h5-8,13H,2-4H2,1H3,(H,23,24)(H2,21,22,25)/t8-,13+/m1/s1. The molecule has 0 saturated heterocycles. The van der Waals surface area contributed by atoms with Gasteiger partial charge in [-0.15, -0.1) is 0 Å². The van der Waals surface area contributed by atoms with E-state index in [9.17, 15) is 13.2 Å². The second-order valence-electron chi connectivity index (χ2n) is 6.59. The van der Waals surface area contributed by atoms with Gasteiger partial charge in [0.25, 0.3) is 0 Å². The zero-order valence-corrected chi connectivity index (χ0v) is 14.0. The first-order valence-electron chi connectivity index (χ1n) is 8.36. The number of rotatable bonds is 3. The maximum atomic E-state index is 14.1. The molecule has 26 heavy (non-hydrogen) atoms. The molecule has 0 spiro atoms. The van der Waals surface area contributed by atoms with Crippen molar-refractivity contribution >= 4 is 28.7 Å². The molecule has 0 unspecified atom stereocenters. The second kappa shape index (κ2) is 6.15. The third-order valence-electron chi connectivity index (χ3n) is 4.84. The minimum atomic E-state index is -1.04. The Morgan fingerprint density at radius 3 is 2.54 bits per heavy atom. The number of hydrogen-bond donors (Lipinski definition) is 2. The molecule has 1 aromatic carbocycles. The first-order chi connectivity index (χ1) is 12.4. The van der Waals surface area contributed by atoms with Gasteiger partial charge < -0.3 is 11.1 Å². The summed E-state index contributed by atoms with van der Waals surface area (Å²) in [6.45, 7) is 2.11. The van der Waals surface area contributed by atoms with Gasteiger partial charge in [-0.05, 0) is 18.8 Å². The molecule has 2 atom stereocenters. The molecule has 0 aliphatic heterocycles. The Morgan fingerprint density at radius 1 is 1.15 bits per heavy atom. The van der Waals surface area contributed by atoms with Crippen LogP contribution in [0, 0.1) is 23.4 Å². The number of nitrogens with one attached hydrogen (secondary N) is 1. The summed E-state index contributed by atoms with van der Waals surface area (Å²) in [6, 6.07) is 1.30. The molecule has 2 heterocycles. The summed E-state index contributed by atoms with van der Waals surface area (Å²) in [5.41, 5.74) is 6.21. The van der Waals surface area contributed by atoms with Crippen molar-refractivity contribution < 1.29 is 13.2 Å². The SMILES string of the molecule is C[C@@H]1CCC[C@@H]1n1c(Nc2c(F)cc(F)cc2F)nc2cnc(N)nc21. The number of nitrogens with two attached hydrogens (primary N) is 1. The van der Waals surface area contributed by atoms with Gasteiger partial charge in [-0.1, -0.05) is 13.3 Å². The van der Waals surface area contributed by atoms with E-state index in [-0.39, 0.29) is 17.9 Å². The summed E-state index contributed by atoms with van der Waals surface area (Å²) in [5, 5.41) is 2.67. The van der Waals surface area contributed by atoms with Crippen LogP contribution in [-0.2, 0) is 0 Å². The van der Waals surface area contributed by atoms with Crippen molar-refractivity contribution in [2.24, 2.45) is 5.92 Å². The van der Waals surface area contributed by atoms with Crippen molar-refractivity contribution in [3.63, 3.8) is 0 Å². The second-order valence-corrected chi connectivity index (χ2v) is 6.59. The Kier molecular flexibility index (Phi) is 3.93. The van der Waals surface area contributed by atoms with E-state index in [2.05, 4.69) is 27.2 Å². The highest BCUT2D eigenvalue weighted by Crippen LogP contribution is 2.40. The molecule has 1 saturated carbocycles. The summed E-state index contributed by atoms with van der Waals surface area (Å²) >= 11 is 0. The summed E-state index contributed by atoms with van der Waals surface area (Å²) in [7, 11) is 0. The third-order valence-corrected chi connectivity index (χ3v) is 4.84. The van der Waals surface area contributed by atoms with Crippen LogP contribution in [0.2, 0.25) is 0 Å². The molecule has 9 heteroatoms. The van der Waals surface area contributed by atoms with Crippen LogP contribution in [0.1, 0.15) is 32.2 Å². The first kappa shape index (κ1) is 16.6. The topological polar surface area (TPSA) is 81.7 Å². The van der Waals surface area contributed by atoms with Gasteiger partial charge in [0.05, 0.1) is 6.20 Å². The van der Waals surface area contributed by atoms with Gasteiger partial charge in [-0.2, -0.15) is 4.98 Å². The van der Waals surface area contributed by atoms with Gasteiger partial charge in [-0.25, -0.2) is 23.1 Å². The van der Waals surface area contributed by atoms with Crippen LogP contribution in [0.15, 0.2) is 18.3 Å². The average Bonchev–Trinajstić information content (AvgIpc) is 3.13. The highest BCUT2D eigenvalue weighted by molar-refractivity contribution is 5.76. The molecule has 1 aliphatic rings. The van der Waals surface area contributed by atoms with Crippen molar-refractivity contribution in [2.75, 3.05) is 11.1 Å². The third kappa shape index (κ3) is 2.73. The minimum Gasteiger partial charge on any atom is -0.368 e. The number of benzene rings is 1. The molecule has 0 bridgehead atoms. The Hall–Kier alpha value is -2.84. The number of nitrogen functional groups attached to an aromatic ring is 1. The average molecular weight is 362 g/mol. The van der Waals surface area contributed by atoms with Crippen molar-refractivity contribution in [3.8, 4) is 0 Å². The molecule has 4 rings (SSSR count). The van der Waals surface area contributed by atoms with E-state index in [1.54, 1.807) is 0 Å². The van der Waals surface area contributed by atoms with Crippen LogP contribution in [0.25, 0.3) is 11.2 Å². The molecular formula is C17H17F3N6. The molecule has 1 fully saturated rings.